The van der Waals surface area contributed by atoms with Crippen molar-refractivity contribution in [1.82, 2.24) is 5.32 Å². The second-order valence-corrected chi connectivity index (χ2v) is 4.80. The van der Waals surface area contributed by atoms with E-state index in [0.29, 0.717) is 25.7 Å². The number of unbranched alkanes of at least 4 members (excludes halogenated alkanes) is 1. The normalized spacial score (nSPS) is 14.7. The highest BCUT2D eigenvalue weighted by molar-refractivity contribution is 4.60. The zero-order chi connectivity index (χ0) is 13.6. The molecule has 2 unspecified atom stereocenters. The topological polar surface area (TPSA) is 50.7 Å². The highest BCUT2D eigenvalue weighted by Crippen LogP contribution is 2.12. The van der Waals surface area contributed by atoms with E-state index in [1.807, 2.05) is 0 Å². The molecule has 0 radical (unpaired) electrons. The molecule has 110 valence electrons. The molecule has 2 atom stereocenters. The Morgan fingerprint density at radius 2 is 2.00 bits per heavy atom. The van der Waals surface area contributed by atoms with Gasteiger partial charge >= 0.3 is 0 Å². The molecule has 0 aromatic carbocycles. The van der Waals surface area contributed by atoms with Gasteiger partial charge in [0.25, 0.3) is 0 Å². The first kappa shape index (κ1) is 17.8. The molecule has 0 saturated heterocycles. The lowest BCUT2D eigenvalue weighted by molar-refractivity contribution is 0.0188. The summed E-state index contributed by atoms with van der Waals surface area (Å²) in [7, 11) is 1.67. The van der Waals surface area contributed by atoms with Crippen LogP contribution in [0.3, 0.4) is 0 Å². The van der Waals surface area contributed by atoms with Crippen LogP contribution in [-0.4, -0.2) is 51.2 Å². The summed E-state index contributed by atoms with van der Waals surface area (Å²) in [6.45, 7) is 7.60. The average Bonchev–Trinajstić information content (AvgIpc) is 2.38. The molecule has 0 aromatic heterocycles. The maximum absolute atomic E-state index is 9.68. The summed E-state index contributed by atoms with van der Waals surface area (Å²) < 4.78 is 10.5. The van der Waals surface area contributed by atoms with E-state index in [1.54, 1.807) is 7.11 Å². The zero-order valence-electron chi connectivity index (χ0n) is 12.3. The SMILES string of the molecule is CCCCC(CC)COCC(O)CNCCOC. The van der Waals surface area contributed by atoms with Gasteiger partial charge in [0.2, 0.25) is 0 Å². The van der Waals surface area contributed by atoms with Crippen LogP contribution in [0, 0.1) is 5.92 Å². The molecule has 0 bridgehead atoms. The number of hydrogen-bond acceptors (Lipinski definition) is 4. The van der Waals surface area contributed by atoms with E-state index in [4.69, 9.17) is 9.47 Å². The van der Waals surface area contributed by atoms with Gasteiger partial charge in [0.05, 0.1) is 19.3 Å². The van der Waals surface area contributed by atoms with Gasteiger partial charge in [-0.15, -0.1) is 0 Å². The van der Waals surface area contributed by atoms with Crippen molar-refractivity contribution in [2.45, 2.75) is 45.6 Å². The Balaban J connectivity index is 3.43. The molecule has 0 amide bonds. The smallest absolute Gasteiger partial charge is 0.0897 e. The van der Waals surface area contributed by atoms with Crippen molar-refractivity contribution in [2.75, 3.05) is 40.0 Å². The summed E-state index contributed by atoms with van der Waals surface area (Å²) in [6.07, 6.45) is 4.47. The fourth-order valence-electron chi connectivity index (χ4n) is 1.77. The predicted octanol–water partition coefficient (Wildman–Crippen LogP) is 1.82. The molecule has 0 fully saturated rings. The molecular formula is C14H31NO3. The van der Waals surface area contributed by atoms with Crippen molar-refractivity contribution < 1.29 is 14.6 Å². The highest BCUT2D eigenvalue weighted by Gasteiger charge is 2.08. The molecule has 0 saturated carbocycles. The number of aliphatic hydroxyl groups is 1. The molecule has 0 aliphatic heterocycles. The van der Waals surface area contributed by atoms with Crippen molar-refractivity contribution in [1.29, 1.82) is 0 Å². The Hall–Kier alpha value is -0.160. The quantitative estimate of drug-likeness (QED) is 0.497. The van der Waals surface area contributed by atoms with Crippen molar-refractivity contribution in [3.63, 3.8) is 0 Å². The maximum atomic E-state index is 9.68. The summed E-state index contributed by atoms with van der Waals surface area (Å²) in [6, 6.07) is 0. The van der Waals surface area contributed by atoms with E-state index < -0.39 is 6.10 Å². The molecule has 18 heavy (non-hydrogen) atoms. The maximum Gasteiger partial charge on any atom is 0.0897 e. The minimum Gasteiger partial charge on any atom is -0.389 e. The fourth-order valence-corrected chi connectivity index (χ4v) is 1.77. The molecule has 4 heteroatoms. The van der Waals surface area contributed by atoms with Crippen molar-refractivity contribution in [3.05, 3.63) is 0 Å². The number of ether oxygens (including phenoxy) is 2. The van der Waals surface area contributed by atoms with Crippen molar-refractivity contribution >= 4 is 0 Å². The van der Waals surface area contributed by atoms with Crippen LogP contribution in [0.4, 0.5) is 0 Å². The van der Waals surface area contributed by atoms with Crippen LogP contribution in [0.2, 0.25) is 0 Å². The number of rotatable bonds is 13. The average molecular weight is 261 g/mol. The van der Waals surface area contributed by atoms with Crippen LogP contribution >= 0.6 is 0 Å². The molecular weight excluding hydrogens is 230 g/mol. The summed E-state index contributed by atoms with van der Waals surface area (Å²) >= 11 is 0. The van der Waals surface area contributed by atoms with E-state index in [1.165, 1.54) is 19.3 Å². The van der Waals surface area contributed by atoms with Crippen LogP contribution < -0.4 is 5.32 Å². The minimum absolute atomic E-state index is 0.419. The van der Waals surface area contributed by atoms with Gasteiger partial charge in [0.15, 0.2) is 0 Å². The first-order chi connectivity index (χ1) is 8.74. The van der Waals surface area contributed by atoms with Crippen LogP contribution in [0.25, 0.3) is 0 Å². The first-order valence-corrected chi connectivity index (χ1v) is 7.20. The van der Waals surface area contributed by atoms with Gasteiger partial charge in [-0.3, -0.25) is 0 Å². The molecule has 0 heterocycles. The van der Waals surface area contributed by atoms with E-state index in [9.17, 15) is 5.11 Å². The summed E-state index contributed by atoms with van der Waals surface area (Å²) in [5, 5.41) is 12.8. The number of aliphatic hydroxyl groups excluding tert-OH is 1. The Morgan fingerprint density at radius 3 is 2.61 bits per heavy atom. The monoisotopic (exact) mass is 261 g/mol. The third-order valence-corrected chi connectivity index (χ3v) is 3.07. The van der Waals surface area contributed by atoms with Crippen LogP contribution in [0.15, 0.2) is 0 Å². The number of hydrogen-bond donors (Lipinski definition) is 2. The minimum atomic E-state index is -0.425. The standard InChI is InChI=1S/C14H31NO3/c1-4-6-7-13(5-2)11-18-12-14(16)10-15-8-9-17-3/h13-16H,4-12H2,1-3H3. The van der Waals surface area contributed by atoms with Crippen LogP contribution in [0.5, 0.6) is 0 Å². The largest absolute Gasteiger partial charge is 0.389 e. The predicted molar refractivity (Wildman–Crippen MR) is 74.9 cm³/mol. The molecule has 2 N–H and O–H groups in total. The van der Waals surface area contributed by atoms with Gasteiger partial charge < -0.3 is 19.9 Å². The van der Waals surface area contributed by atoms with Crippen molar-refractivity contribution in [2.24, 2.45) is 5.92 Å². The first-order valence-electron chi connectivity index (χ1n) is 7.20. The van der Waals surface area contributed by atoms with E-state index in [2.05, 4.69) is 19.2 Å². The van der Waals surface area contributed by atoms with E-state index in [0.717, 1.165) is 19.6 Å². The lowest BCUT2D eigenvalue weighted by Crippen LogP contribution is -2.32. The van der Waals surface area contributed by atoms with Gasteiger partial charge in [-0.2, -0.15) is 0 Å². The number of nitrogens with one attached hydrogen (secondary N) is 1. The molecule has 0 rings (SSSR count). The summed E-state index contributed by atoms with van der Waals surface area (Å²) in [5.41, 5.74) is 0. The van der Waals surface area contributed by atoms with Gasteiger partial charge in [-0.05, 0) is 12.3 Å². The third kappa shape index (κ3) is 11.0. The second kappa shape index (κ2) is 13.3. The van der Waals surface area contributed by atoms with Crippen molar-refractivity contribution in [3.8, 4) is 0 Å². The van der Waals surface area contributed by atoms with Crippen LogP contribution in [-0.2, 0) is 9.47 Å². The number of methoxy groups -OCH3 is 1. The summed E-state index contributed by atoms with van der Waals surface area (Å²) in [5.74, 6) is 0.638. The zero-order valence-corrected chi connectivity index (χ0v) is 12.3. The molecule has 0 aliphatic rings. The molecule has 0 aromatic rings. The lowest BCUT2D eigenvalue weighted by atomic mass is 10.0. The Labute approximate surface area is 112 Å². The fraction of sp³-hybridized carbons (Fsp3) is 1.00. The van der Waals surface area contributed by atoms with Crippen LogP contribution in [0.1, 0.15) is 39.5 Å². The molecule has 0 aliphatic carbocycles. The highest BCUT2D eigenvalue weighted by atomic mass is 16.5. The Morgan fingerprint density at radius 1 is 1.22 bits per heavy atom. The van der Waals surface area contributed by atoms with E-state index >= 15 is 0 Å². The second-order valence-electron chi connectivity index (χ2n) is 4.80. The Kier molecular flexibility index (Phi) is 13.2. The summed E-state index contributed by atoms with van der Waals surface area (Å²) in [4.78, 5) is 0. The molecule has 4 nitrogen and oxygen atoms in total. The lowest BCUT2D eigenvalue weighted by Gasteiger charge is -2.17. The van der Waals surface area contributed by atoms with Gasteiger partial charge in [-0.25, -0.2) is 0 Å². The van der Waals surface area contributed by atoms with Gasteiger partial charge in [0, 0.05) is 26.8 Å². The Bertz CT molecular complexity index is 167. The van der Waals surface area contributed by atoms with Gasteiger partial charge in [0.1, 0.15) is 0 Å². The molecule has 0 spiro atoms. The van der Waals surface area contributed by atoms with E-state index in [-0.39, 0.29) is 0 Å². The van der Waals surface area contributed by atoms with Gasteiger partial charge in [-0.1, -0.05) is 33.1 Å². The third-order valence-electron chi connectivity index (χ3n) is 3.07.